The van der Waals surface area contributed by atoms with Crippen LogP contribution in [0.4, 0.5) is 0 Å². The Bertz CT molecular complexity index is 487. The minimum absolute atomic E-state index is 0.0487. The number of rotatable bonds is 8. The Labute approximate surface area is 119 Å². The summed E-state index contributed by atoms with van der Waals surface area (Å²) < 4.78 is 27.8. The van der Waals surface area contributed by atoms with Crippen LogP contribution in [-0.2, 0) is 16.6 Å². The van der Waals surface area contributed by atoms with E-state index >= 15 is 0 Å². The van der Waals surface area contributed by atoms with Crippen molar-refractivity contribution in [2.24, 2.45) is 5.73 Å². The zero-order chi connectivity index (χ0) is 14.5. The number of hydrogen-bond donors (Lipinski definition) is 1. The van der Waals surface area contributed by atoms with Crippen LogP contribution in [0.5, 0.6) is 0 Å². The molecule has 1 aromatic heterocycles. The highest BCUT2D eigenvalue weighted by atomic mass is 32.2. The maximum Gasteiger partial charge on any atom is 0.246 e. The van der Waals surface area contributed by atoms with Crippen LogP contribution in [0.1, 0.15) is 13.3 Å². The largest absolute Gasteiger partial charge is 0.330 e. The second-order valence-corrected chi connectivity index (χ2v) is 7.32. The topological polar surface area (TPSA) is 81.2 Å². The molecule has 0 aliphatic heterocycles. The van der Waals surface area contributed by atoms with Gasteiger partial charge in [0.05, 0.1) is 6.20 Å². The summed E-state index contributed by atoms with van der Waals surface area (Å²) in [7, 11) is -1.85. The third-order valence-electron chi connectivity index (χ3n) is 2.91. The van der Waals surface area contributed by atoms with Gasteiger partial charge >= 0.3 is 0 Å². The summed E-state index contributed by atoms with van der Waals surface area (Å²) in [6.07, 6.45) is 5.70. The molecular weight excluding hydrogens is 284 g/mol. The average Bonchev–Trinajstić information content (AvgIpc) is 2.85. The third-order valence-corrected chi connectivity index (χ3v) is 5.65. The van der Waals surface area contributed by atoms with Crippen molar-refractivity contribution in [2.75, 3.05) is 25.6 Å². The highest BCUT2D eigenvalue weighted by Crippen LogP contribution is 2.17. The van der Waals surface area contributed by atoms with E-state index in [4.69, 9.17) is 5.73 Å². The summed E-state index contributed by atoms with van der Waals surface area (Å²) in [5.41, 5.74) is 5.42. The Balaban J connectivity index is 2.84. The van der Waals surface area contributed by atoms with Gasteiger partial charge in [0, 0.05) is 31.6 Å². The quantitative estimate of drug-likeness (QED) is 0.761. The van der Waals surface area contributed by atoms with Crippen molar-refractivity contribution in [1.82, 2.24) is 14.1 Å². The van der Waals surface area contributed by atoms with E-state index in [0.29, 0.717) is 13.1 Å². The highest BCUT2D eigenvalue weighted by Gasteiger charge is 2.26. The monoisotopic (exact) mass is 306 g/mol. The molecule has 0 aliphatic carbocycles. The van der Waals surface area contributed by atoms with Crippen LogP contribution < -0.4 is 5.73 Å². The first-order valence-corrected chi connectivity index (χ1v) is 8.96. The maximum absolute atomic E-state index is 12.4. The van der Waals surface area contributed by atoms with E-state index in [0.717, 1.165) is 12.2 Å². The van der Waals surface area contributed by atoms with Gasteiger partial charge in [-0.05, 0) is 26.1 Å². The van der Waals surface area contributed by atoms with Crippen molar-refractivity contribution in [3.8, 4) is 0 Å². The van der Waals surface area contributed by atoms with Crippen molar-refractivity contribution in [3.63, 3.8) is 0 Å². The molecule has 0 aromatic carbocycles. The molecule has 0 saturated carbocycles. The van der Waals surface area contributed by atoms with Gasteiger partial charge in [0.2, 0.25) is 10.0 Å². The molecule has 1 aromatic rings. The number of aromatic nitrogens is 2. The van der Waals surface area contributed by atoms with Crippen molar-refractivity contribution < 1.29 is 8.42 Å². The Kier molecular flexibility index (Phi) is 6.31. The molecule has 1 heterocycles. The zero-order valence-corrected chi connectivity index (χ0v) is 13.2. The maximum atomic E-state index is 12.4. The van der Waals surface area contributed by atoms with Crippen LogP contribution in [0.25, 0.3) is 0 Å². The highest BCUT2D eigenvalue weighted by molar-refractivity contribution is 7.98. The van der Waals surface area contributed by atoms with Crippen LogP contribution in [-0.4, -0.2) is 54.1 Å². The lowest BCUT2D eigenvalue weighted by Crippen LogP contribution is -2.36. The SMILES string of the molecule is CSCC(C)N(C)S(=O)(=O)c1cnn(CCCN)c1. The molecule has 2 N–H and O–H groups in total. The minimum Gasteiger partial charge on any atom is -0.330 e. The summed E-state index contributed by atoms with van der Waals surface area (Å²) in [4.78, 5) is 0.236. The fourth-order valence-electron chi connectivity index (χ4n) is 1.60. The Morgan fingerprint density at radius 1 is 1.58 bits per heavy atom. The van der Waals surface area contributed by atoms with Gasteiger partial charge in [-0.25, -0.2) is 8.42 Å². The number of aryl methyl sites for hydroxylation is 1. The van der Waals surface area contributed by atoms with E-state index in [-0.39, 0.29) is 10.9 Å². The normalized spacial score (nSPS) is 13.9. The first-order chi connectivity index (χ1) is 8.93. The lowest BCUT2D eigenvalue weighted by Gasteiger charge is -2.22. The molecule has 0 spiro atoms. The van der Waals surface area contributed by atoms with Gasteiger partial charge in [-0.1, -0.05) is 0 Å². The van der Waals surface area contributed by atoms with Gasteiger partial charge in [-0.3, -0.25) is 4.68 Å². The first-order valence-electron chi connectivity index (χ1n) is 6.13. The predicted octanol–water partition coefficient (Wildman–Crippen LogP) is 0.604. The molecule has 1 rings (SSSR count). The van der Waals surface area contributed by atoms with Gasteiger partial charge in [0.1, 0.15) is 4.90 Å². The molecule has 1 unspecified atom stereocenters. The second kappa shape index (κ2) is 7.28. The van der Waals surface area contributed by atoms with E-state index in [2.05, 4.69) is 5.10 Å². The third kappa shape index (κ3) is 4.20. The second-order valence-electron chi connectivity index (χ2n) is 4.41. The minimum atomic E-state index is -3.46. The smallest absolute Gasteiger partial charge is 0.246 e. The fraction of sp³-hybridized carbons (Fsp3) is 0.727. The summed E-state index contributed by atoms with van der Waals surface area (Å²) in [5, 5.41) is 4.06. The molecule has 110 valence electrons. The summed E-state index contributed by atoms with van der Waals surface area (Å²) in [6, 6.07) is -0.0487. The van der Waals surface area contributed by atoms with Crippen molar-refractivity contribution >= 4 is 21.8 Å². The lowest BCUT2D eigenvalue weighted by atomic mass is 10.4. The van der Waals surface area contributed by atoms with Gasteiger partial charge in [-0.2, -0.15) is 21.2 Å². The first kappa shape index (κ1) is 16.5. The van der Waals surface area contributed by atoms with E-state index in [1.807, 2.05) is 13.2 Å². The molecule has 0 fully saturated rings. The zero-order valence-electron chi connectivity index (χ0n) is 11.6. The van der Waals surface area contributed by atoms with E-state index < -0.39 is 10.0 Å². The number of nitrogens with zero attached hydrogens (tertiary/aromatic N) is 3. The summed E-state index contributed by atoms with van der Waals surface area (Å²) >= 11 is 1.62. The summed E-state index contributed by atoms with van der Waals surface area (Å²) in [5.74, 6) is 0.761. The van der Waals surface area contributed by atoms with E-state index in [1.54, 1.807) is 29.7 Å². The van der Waals surface area contributed by atoms with Crippen LogP contribution >= 0.6 is 11.8 Å². The van der Waals surface area contributed by atoms with Gasteiger partial charge in [0.25, 0.3) is 0 Å². The van der Waals surface area contributed by atoms with Gasteiger partial charge < -0.3 is 5.73 Å². The standard InChI is InChI=1S/C11H22N4O2S2/c1-10(9-18-3)14(2)19(16,17)11-7-13-15(8-11)6-4-5-12/h7-8,10H,4-6,9,12H2,1-3H3. The summed E-state index contributed by atoms with van der Waals surface area (Å²) in [6.45, 7) is 3.09. The van der Waals surface area contributed by atoms with Crippen molar-refractivity contribution in [2.45, 2.75) is 30.8 Å². The molecule has 0 radical (unpaired) electrons. The Hall–Kier alpha value is -0.570. The van der Waals surface area contributed by atoms with Gasteiger partial charge in [0.15, 0.2) is 0 Å². The molecule has 6 nitrogen and oxygen atoms in total. The van der Waals surface area contributed by atoms with E-state index in [9.17, 15) is 8.42 Å². The molecule has 0 bridgehead atoms. The average molecular weight is 306 g/mol. The Morgan fingerprint density at radius 3 is 2.84 bits per heavy atom. The van der Waals surface area contributed by atoms with Crippen LogP contribution in [0, 0.1) is 0 Å². The number of nitrogens with two attached hydrogens (primary N) is 1. The number of hydrogen-bond acceptors (Lipinski definition) is 5. The molecule has 8 heteroatoms. The lowest BCUT2D eigenvalue weighted by molar-refractivity contribution is 0.415. The molecule has 1 atom stereocenters. The van der Waals surface area contributed by atoms with E-state index in [1.165, 1.54) is 10.5 Å². The van der Waals surface area contributed by atoms with Gasteiger partial charge in [-0.15, -0.1) is 0 Å². The molecule has 0 amide bonds. The molecular formula is C11H22N4O2S2. The van der Waals surface area contributed by atoms with Crippen molar-refractivity contribution in [1.29, 1.82) is 0 Å². The van der Waals surface area contributed by atoms with Crippen LogP contribution in [0.2, 0.25) is 0 Å². The molecule has 19 heavy (non-hydrogen) atoms. The molecule has 0 aliphatic rings. The predicted molar refractivity (Wildman–Crippen MR) is 78.7 cm³/mol. The van der Waals surface area contributed by atoms with Crippen LogP contribution in [0.3, 0.4) is 0 Å². The number of thioether (sulfide) groups is 1. The van der Waals surface area contributed by atoms with Crippen LogP contribution in [0.15, 0.2) is 17.3 Å². The van der Waals surface area contributed by atoms with Crippen molar-refractivity contribution in [3.05, 3.63) is 12.4 Å². The Morgan fingerprint density at radius 2 is 2.26 bits per heavy atom. The number of sulfonamides is 1. The fourth-order valence-corrected chi connectivity index (χ4v) is 3.72. The molecule has 0 saturated heterocycles.